The van der Waals surface area contributed by atoms with Gasteiger partial charge in [0.25, 0.3) is 0 Å². The lowest BCUT2D eigenvalue weighted by Gasteiger charge is -2.03. The Bertz CT molecular complexity index is 399. The highest BCUT2D eigenvalue weighted by molar-refractivity contribution is 5.31. The van der Waals surface area contributed by atoms with Crippen molar-refractivity contribution in [2.24, 2.45) is 5.11 Å². The maximum atomic E-state index is 8.12. The van der Waals surface area contributed by atoms with E-state index in [9.17, 15) is 0 Å². The summed E-state index contributed by atoms with van der Waals surface area (Å²) in [5.74, 6) is 0.609. The van der Waals surface area contributed by atoms with Crippen LogP contribution in [0.1, 0.15) is 50.5 Å². The molecule has 0 amide bonds. The Morgan fingerprint density at radius 1 is 1.11 bits per heavy atom. The lowest BCUT2D eigenvalue weighted by atomic mass is 10.1. The highest BCUT2D eigenvalue weighted by Crippen LogP contribution is 2.11. The average Bonchev–Trinajstić information content (AvgIpc) is 2.41. The SMILES string of the molecule is [N-]=[N+]=NCCCCCCCCCc1ccnc(N)c1. The molecular formula is C14H23N5. The van der Waals surface area contributed by atoms with Gasteiger partial charge in [-0.3, -0.25) is 0 Å². The van der Waals surface area contributed by atoms with Gasteiger partial charge in [0.1, 0.15) is 5.82 Å². The quantitative estimate of drug-likeness (QED) is 0.295. The van der Waals surface area contributed by atoms with E-state index in [2.05, 4.69) is 15.0 Å². The van der Waals surface area contributed by atoms with Crippen LogP contribution < -0.4 is 5.73 Å². The molecule has 0 aliphatic carbocycles. The third-order valence-corrected chi connectivity index (χ3v) is 3.13. The van der Waals surface area contributed by atoms with Gasteiger partial charge in [-0.05, 0) is 42.5 Å². The number of azide groups is 1. The fraction of sp³-hybridized carbons (Fsp3) is 0.643. The molecule has 19 heavy (non-hydrogen) atoms. The number of hydrogen-bond acceptors (Lipinski definition) is 3. The molecule has 1 heterocycles. The fourth-order valence-corrected chi connectivity index (χ4v) is 2.09. The number of nitrogens with two attached hydrogens (primary N) is 1. The Balaban J connectivity index is 1.92. The first-order valence-electron chi connectivity index (χ1n) is 7.04. The molecule has 2 N–H and O–H groups in total. The van der Waals surface area contributed by atoms with Crippen LogP contribution in [-0.4, -0.2) is 11.5 Å². The minimum Gasteiger partial charge on any atom is -0.384 e. The molecular weight excluding hydrogens is 238 g/mol. The van der Waals surface area contributed by atoms with Crippen LogP contribution in [0.5, 0.6) is 0 Å². The number of hydrogen-bond donors (Lipinski definition) is 1. The first kappa shape index (κ1) is 15.3. The summed E-state index contributed by atoms with van der Waals surface area (Å²) in [4.78, 5) is 6.73. The van der Waals surface area contributed by atoms with E-state index in [0.29, 0.717) is 12.4 Å². The average molecular weight is 261 g/mol. The standard InChI is InChI=1S/C14H23N5/c15-14-12-13(9-11-17-14)8-6-4-2-1-3-5-7-10-18-19-16/h9,11-12H,1-8,10H2,(H2,15,17). The second kappa shape index (κ2) is 10.2. The number of rotatable bonds is 10. The van der Waals surface area contributed by atoms with Crippen molar-refractivity contribution in [3.8, 4) is 0 Å². The summed E-state index contributed by atoms with van der Waals surface area (Å²) in [6, 6.07) is 3.99. The summed E-state index contributed by atoms with van der Waals surface area (Å²) in [7, 11) is 0. The lowest BCUT2D eigenvalue weighted by molar-refractivity contribution is 0.581. The predicted octanol–water partition coefficient (Wildman–Crippen LogP) is 4.25. The Kier molecular flexibility index (Phi) is 8.23. The molecule has 5 heteroatoms. The van der Waals surface area contributed by atoms with Gasteiger partial charge >= 0.3 is 0 Å². The molecule has 0 aromatic carbocycles. The van der Waals surface area contributed by atoms with Gasteiger partial charge in [-0.15, -0.1) is 0 Å². The summed E-state index contributed by atoms with van der Waals surface area (Å²) in [6.07, 6.45) is 11.3. The van der Waals surface area contributed by atoms with Crippen LogP contribution in [0, 0.1) is 0 Å². The third-order valence-electron chi connectivity index (χ3n) is 3.13. The fourth-order valence-electron chi connectivity index (χ4n) is 2.09. The number of unbranched alkanes of at least 4 members (excludes halogenated alkanes) is 6. The van der Waals surface area contributed by atoms with Crippen molar-refractivity contribution >= 4 is 5.82 Å². The van der Waals surface area contributed by atoms with E-state index in [1.807, 2.05) is 12.1 Å². The second-order valence-electron chi connectivity index (χ2n) is 4.77. The van der Waals surface area contributed by atoms with Crippen LogP contribution >= 0.6 is 0 Å². The van der Waals surface area contributed by atoms with Crippen molar-refractivity contribution in [1.29, 1.82) is 0 Å². The zero-order valence-electron chi connectivity index (χ0n) is 11.5. The van der Waals surface area contributed by atoms with Gasteiger partial charge in [-0.25, -0.2) is 4.98 Å². The van der Waals surface area contributed by atoms with Crippen molar-refractivity contribution in [1.82, 2.24) is 4.98 Å². The number of anilines is 1. The van der Waals surface area contributed by atoms with Gasteiger partial charge in [0, 0.05) is 17.7 Å². The summed E-state index contributed by atoms with van der Waals surface area (Å²) in [6.45, 7) is 0.639. The molecule has 0 spiro atoms. The van der Waals surface area contributed by atoms with Gasteiger partial charge in [-0.1, -0.05) is 37.2 Å². The zero-order valence-corrected chi connectivity index (χ0v) is 11.5. The van der Waals surface area contributed by atoms with Crippen LogP contribution in [0.25, 0.3) is 10.4 Å². The van der Waals surface area contributed by atoms with E-state index in [1.165, 1.54) is 44.1 Å². The molecule has 0 saturated carbocycles. The number of nitrogens with zero attached hydrogens (tertiary/aromatic N) is 4. The van der Waals surface area contributed by atoms with E-state index in [4.69, 9.17) is 11.3 Å². The number of aryl methyl sites for hydroxylation is 1. The predicted molar refractivity (Wildman–Crippen MR) is 78.7 cm³/mol. The normalized spacial score (nSPS) is 10.1. The molecule has 5 nitrogen and oxygen atoms in total. The van der Waals surface area contributed by atoms with Gasteiger partial charge < -0.3 is 5.73 Å². The van der Waals surface area contributed by atoms with Crippen LogP contribution in [0.4, 0.5) is 5.82 Å². The van der Waals surface area contributed by atoms with Crippen LogP contribution in [0.15, 0.2) is 23.4 Å². The van der Waals surface area contributed by atoms with Crippen molar-refractivity contribution < 1.29 is 0 Å². The first-order valence-corrected chi connectivity index (χ1v) is 7.04. The molecule has 1 rings (SSSR count). The molecule has 0 fully saturated rings. The largest absolute Gasteiger partial charge is 0.384 e. The van der Waals surface area contributed by atoms with E-state index in [0.717, 1.165) is 12.8 Å². The number of pyridine rings is 1. The number of aromatic nitrogens is 1. The van der Waals surface area contributed by atoms with E-state index in [1.54, 1.807) is 6.20 Å². The Labute approximate surface area is 114 Å². The molecule has 0 atom stereocenters. The van der Waals surface area contributed by atoms with Gasteiger partial charge in [0.05, 0.1) is 0 Å². The summed E-state index contributed by atoms with van der Waals surface area (Å²) in [5.41, 5.74) is 15.0. The summed E-state index contributed by atoms with van der Waals surface area (Å²) < 4.78 is 0. The van der Waals surface area contributed by atoms with Crippen molar-refractivity contribution in [3.63, 3.8) is 0 Å². The molecule has 0 bridgehead atoms. The van der Waals surface area contributed by atoms with E-state index >= 15 is 0 Å². The Hall–Kier alpha value is -1.74. The topological polar surface area (TPSA) is 87.7 Å². The minimum atomic E-state index is 0.609. The molecule has 1 aromatic rings. The molecule has 0 aliphatic rings. The summed E-state index contributed by atoms with van der Waals surface area (Å²) >= 11 is 0. The molecule has 104 valence electrons. The monoisotopic (exact) mass is 261 g/mol. The molecule has 0 unspecified atom stereocenters. The zero-order chi connectivity index (χ0) is 13.8. The second-order valence-corrected chi connectivity index (χ2v) is 4.77. The Morgan fingerprint density at radius 3 is 2.47 bits per heavy atom. The van der Waals surface area contributed by atoms with Gasteiger partial charge in [0.15, 0.2) is 0 Å². The van der Waals surface area contributed by atoms with Gasteiger partial charge in [0.2, 0.25) is 0 Å². The van der Waals surface area contributed by atoms with Gasteiger partial charge in [-0.2, -0.15) is 0 Å². The molecule has 0 saturated heterocycles. The van der Waals surface area contributed by atoms with Crippen molar-refractivity contribution in [3.05, 3.63) is 34.3 Å². The maximum absolute atomic E-state index is 8.12. The maximum Gasteiger partial charge on any atom is 0.123 e. The first-order chi connectivity index (χ1) is 9.33. The van der Waals surface area contributed by atoms with Crippen LogP contribution in [-0.2, 0) is 6.42 Å². The highest BCUT2D eigenvalue weighted by Gasteiger charge is 1.95. The van der Waals surface area contributed by atoms with Crippen molar-refractivity contribution in [2.75, 3.05) is 12.3 Å². The Morgan fingerprint density at radius 2 is 1.79 bits per heavy atom. The lowest BCUT2D eigenvalue weighted by Crippen LogP contribution is -1.92. The van der Waals surface area contributed by atoms with E-state index < -0.39 is 0 Å². The minimum absolute atomic E-state index is 0.609. The smallest absolute Gasteiger partial charge is 0.123 e. The van der Waals surface area contributed by atoms with Crippen LogP contribution in [0.3, 0.4) is 0 Å². The third kappa shape index (κ3) is 8.06. The molecule has 1 aromatic heterocycles. The van der Waals surface area contributed by atoms with Crippen LogP contribution in [0.2, 0.25) is 0 Å². The number of nitrogen functional groups attached to an aromatic ring is 1. The molecule has 0 radical (unpaired) electrons. The highest BCUT2D eigenvalue weighted by atomic mass is 15.1. The van der Waals surface area contributed by atoms with E-state index in [-0.39, 0.29) is 0 Å². The van der Waals surface area contributed by atoms with Crippen molar-refractivity contribution in [2.45, 2.75) is 51.4 Å². The molecule has 0 aliphatic heterocycles. The summed E-state index contributed by atoms with van der Waals surface area (Å²) in [5, 5.41) is 3.52.